The predicted molar refractivity (Wildman–Crippen MR) is 147 cm³/mol. The first kappa shape index (κ1) is 26.2. The topological polar surface area (TPSA) is 97.6 Å². The van der Waals surface area contributed by atoms with Crippen molar-refractivity contribution in [2.75, 3.05) is 44.5 Å². The summed E-state index contributed by atoms with van der Waals surface area (Å²) in [5.74, 6) is 2.17. The molecule has 210 valence electrons. The van der Waals surface area contributed by atoms with Gasteiger partial charge in [-0.3, -0.25) is 19.4 Å². The fourth-order valence-electron chi connectivity index (χ4n) is 5.19. The molecule has 0 spiro atoms. The first-order valence-electron chi connectivity index (χ1n) is 13.7. The van der Waals surface area contributed by atoms with Crippen LogP contribution < -0.4 is 19.1 Å². The molecular weight excluding hydrogens is 512 g/mol. The van der Waals surface area contributed by atoms with Gasteiger partial charge in [-0.25, -0.2) is 4.98 Å². The highest BCUT2D eigenvalue weighted by molar-refractivity contribution is 5.98. The molecule has 1 aromatic heterocycles. The lowest BCUT2D eigenvalue weighted by atomic mass is 9.82. The molecule has 0 bridgehead atoms. The van der Waals surface area contributed by atoms with Gasteiger partial charge in [-0.15, -0.1) is 0 Å². The Labute approximate surface area is 233 Å². The average molecular weight is 547 g/mol. The third kappa shape index (κ3) is 5.11. The van der Waals surface area contributed by atoms with E-state index < -0.39 is 0 Å². The lowest BCUT2D eigenvalue weighted by molar-refractivity contribution is -0.121. The molecular formula is C30H34N4O6. The number of carbonyl (C=O) groups is 2. The summed E-state index contributed by atoms with van der Waals surface area (Å²) in [5.41, 5.74) is 3.17. The van der Waals surface area contributed by atoms with Gasteiger partial charge in [0.25, 0.3) is 11.8 Å². The fraction of sp³-hybridized carbons (Fsp3) is 0.433. The molecule has 3 aliphatic rings. The van der Waals surface area contributed by atoms with E-state index in [1.807, 2.05) is 36.4 Å². The van der Waals surface area contributed by atoms with Gasteiger partial charge in [0.15, 0.2) is 23.8 Å². The number of amides is 2. The summed E-state index contributed by atoms with van der Waals surface area (Å²) in [6, 6.07) is 12.0. The maximum absolute atomic E-state index is 13.2. The summed E-state index contributed by atoms with van der Waals surface area (Å²) < 4.78 is 22.2. The second kappa shape index (κ2) is 10.5. The molecule has 0 unspecified atom stereocenters. The lowest BCUT2D eigenvalue weighted by Crippen LogP contribution is -2.48. The van der Waals surface area contributed by atoms with Crippen LogP contribution in [0.15, 0.2) is 47.1 Å². The molecule has 0 radical (unpaired) electrons. The van der Waals surface area contributed by atoms with E-state index in [0.29, 0.717) is 30.4 Å². The molecule has 3 aromatic rings. The molecule has 2 amide bonds. The number of fused-ring (bicyclic) bond motifs is 2. The molecule has 4 heterocycles. The number of anilines is 1. The number of benzene rings is 2. The fourth-order valence-corrected chi connectivity index (χ4v) is 5.19. The first-order chi connectivity index (χ1) is 19.3. The van der Waals surface area contributed by atoms with Crippen LogP contribution in [0.5, 0.6) is 17.2 Å². The molecule has 6 rings (SSSR count). The summed E-state index contributed by atoms with van der Waals surface area (Å²) in [6.45, 7) is 10.3. The number of hydrogen-bond acceptors (Lipinski definition) is 8. The van der Waals surface area contributed by atoms with Crippen molar-refractivity contribution in [1.82, 2.24) is 14.8 Å². The maximum Gasteiger partial charge on any atom is 0.275 e. The molecule has 0 atom stereocenters. The van der Waals surface area contributed by atoms with Gasteiger partial charge >= 0.3 is 0 Å². The van der Waals surface area contributed by atoms with Crippen LogP contribution in [-0.4, -0.2) is 66.2 Å². The molecule has 40 heavy (non-hydrogen) atoms. The molecule has 10 heteroatoms. The number of oxazole rings is 1. The second-order valence-corrected chi connectivity index (χ2v) is 11.1. The van der Waals surface area contributed by atoms with E-state index in [1.54, 1.807) is 9.80 Å². The van der Waals surface area contributed by atoms with E-state index in [-0.39, 0.29) is 42.9 Å². The van der Waals surface area contributed by atoms with E-state index in [9.17, 15) is 9.59 Å². The Morgan fingerprint density at radius 1 is 0.950 bits per heavy atom. The van der Waals surface area contributed by atoms with Crippen LogP contribution in [0.3, 0.4) is 0 Å². The zero-order valence-electron chi connectivity index (χ0n) is 23.1. The predicted octanol–water partition coefficient (Wildman–Crippen LogP) is 3.97. The van der Waals surface area contributed by atoms with Crippen molar-refractivity contribution in [2.45, 2.75) is 45.7 Å². The average Bonchev–Trinajstić information content (AvgIpc) is 3.64. The van der Waals surface area contributed by atoms with Crippen LogP contribution in [-0.2, 0) is 23.3 Å². The van der Waals surface area contributed by atoms with Crippen LogP contribution >= 0.6 is 0 Å². The summed E-state index contributed by atoms with van der Waals surface area (Å²) in [6.07, 6.45) is 2.34. The third-order valence-corrected chi connectivity index (χ3v) is 8.13. The molecule has 1 fully saturated rings. The largest absolute Gasteiger partial charge is 0.482 e. The van der Waals surface area contributed by atoms with Crippen LogP contribution in [0, 0.1) is 0 Å². The number of piperazine rings is 1. The molecule has 1 saturated heterocycles. The highest BCUT2D eigenvalue weighted by atomic mass is 16.7. The van der Waals surface area contributed by atoms with Crippen molar-refractivity contribution in [2.24, 2.45) is 0 Å². The molecule has 0 aliphatic carbocycles. The Morgan fingerprint density at radius 3 is 2.52 bits per heavy atom. The van der Waals surface area contributed by atoms with Gasteiger partial charge in [0, 0.05) is 32.7 Å². The van der Waals surface area contributed by atoms with E-state index in [0.717, 1.165) is 48.7 Å². The Kier molecular flexibility index (Phi) is 6.87. The molecule has 2 aromatic carbocycles. The van der Waals surface area contributed by atoms with E-state index in [4.69, 9.17) is 18.6 Å². The quantitative estimate of drug-likeness (QED) is 0.439. The van der Waals surface area contributed by atoms with Gasteiger partial charge in [-0.05, 0) is 47.2 Å². The van der Waals surface area contributed by atoms with Crippen molar-refractivity contribution in [1.29, 1.82) is 0 Å². The zero-order valence-corrected chi connectivity index (χ0v) is 23.1. The molecule has 10 nitrogen and oxygen atoms in total. The Morgan fingerprint density at radius 2 is 1.73 bits per heavy atom. The van der Waals surface area contributed by atoms with Gasteiger partial charge in [0.05, 0.1) is 5.69 Å². The number of hydrogen-bond donors (Lipinski definition) is 0. The molecule has 0 N–H and O–H groups in total. The Bertz CT molecular complexity index is 1430. The van der Waals surface area contributed by atoms with Crippen molar-refractivity contribution in [3.63, 3.8) is 0 Å². The summed E-state index contributed by atoms with van der Waals surface area (Å²) in [4.78, 5) is 36.2. The second-order valence-electron chi connectivity index (χ2n) is 11.1. The van der Waals surface area contributed by atoms with Crippen LogP contribution in [0.1, 0.15) is 54.7 Å². The first-order valence-corrected chi connectivity index (χ1v) is 13.7. The van der Waals surface area contributed by atoms with Gasteiger partial charge in [-0.2, -0.15) is 0 Å². The molecule has 3 aliphatic heterocycles. The van der Waals surface area contributed by atoms with Crippen molar-refractivity contribution in [3.8, 4) is 17.2 Å². The maximum atomic E-state index is 13.2. The number of rotatable bonds is 7. The van der Waals surface area contributed by atoms with Gasteiger partial charge in [-0.1, -0.05) is 32.9 Å². The summed E-state index contributed by atoms with van der Waals surface area (Å²) >= 11 is 0. The molecule has 0 saturated carbocycles. The van der Waals surface area contributed by atoms with Crippen molar-refractivity contribution >= 4 is 17.5 Å². The standard InChI is InChI=1S/C30H34N4O6/c1-4-30(2,3)21-6-8-24-23(14-21)34(28(35)18-37-24)16-27-31-22(17-38-27)29(36)33-11-9-32(10-12-33)15-20-5-7-25-26(13-20)40-19-39-25/h5-8,13-14,17H,4,9-12,15-16,18-19H2,1-3H3. The highest BCUT2D eigenvalue weighted by Crippen LogP contribution is 2.38. The Balaban J connectivity index is 1.09. The minimum absolute atomic E-state index is 0.0434. The zero-order chi connectivity index (χ0) is 27.9. The van der Waals surface area contributed by atoms with Gasteiger partial charge < -0.3 is 23.5 Å². The van der Waals surface area contributed by atoms with Crippen LogP contribution in [0.25, 0.3) is 0 Å². The van der Waals surface area contributed by atoms with Crippen LogP contribution in [0.4, 0.5) is 5.69 Å². The smallest absolute Gasteiger partial charge is 0.275 e. The van der Waals surface area contributed by atoms with E-state index in [1.165, 1.54) is 6.26 Å². The monoisotopic (exact) mass is 546 g/mol. The minimum atomic E-state index is -0.177. The summed E-state index contributed by atoms with van der Waals surface area (Å²) in [5, 5.41) is 0. The van der Waals surface area contributed by atoms with E-state index in [2.05, 4.69) is 30.7 Å². The number of aromatic nitrogens is 1. The number of nitrogens with zero attached hydrogens (tertiary/aromatic N) is 4. The van der Waals surface area contributed by atoms with Crippen molar-refractivity contribution < 1.29 is 28.2 Å². The minimum Gasteiger partial charge on any atom is -0.482 e. The van der Waals surface area contributed by atoms with Crippen LogP contribution in [0.2, 0.25) is 0 Å². The third-order valence-electron chi connectivity index (χ3n) is 8.13. The number of ether oxygens (including phenoxy) is 3. The van der Waals surface area contributed by atoms with Crippen molar-refractivity contribution in [3.05, 3.63) is 65.4 Å². The normalized spacial score (nSPS) is 17.1. The lowest BCUT2D eigenvalue weighted by Gasteiger charge is -2.34. The Hall–Kier alpha value is -4.05. The van der Waals surface area contributed by atoms with Gasteiger partial charge in [0.1, 0.15) is 18.6 Å². The van der Waals surface area contributed by atoms with E-state index >= 15 is 0 Å². The summed E-state index contributed by atoms with van der Waals surface area (Å²) in [7, 11) is 0. The SMILES string of the molecule is CCC(C)(C)c1ccc2c(c1)N(Cc1nc(C(=O)N3CCN(Cc4ccc5c(c4)OCO5)CC3)co1)C(=O)CO2. The number of carbonyl (C=O) groups excluding carboxylic acids is 2. The highest BCUT2D eigenvalue weighted by Gasteiger charge is 2.31. The van der Waals surface area contributed by atoms with Gasteiger partial charge in [0.2, 0.25) is 12.7 Å².